The fourth-order valence-corrected chi connectivity index (χ4v) is 2.65. The molecule has 0 unspecified atom stereocenters. The van der Waals surface area contributed by atoms with Gasteiger partial charge in [-0.3, -0.25) is 4.79 Å². The summed E-state index contributed by atoms with van der Waals surface area (Å²) in [6.45, 7) is 0. The SMILES string of the molecule is O=C(O)C1(c2cc(C(F)(F)F)ccc2F)CCCC1. The molecule has 0 aromatic heterocycles. The highest BCUT2D eigenvalue weighted by Crippen LogP contribution is 2.44. The Morgan fingerprint density at radius 3 is 2.26 bits per heavy atom. The number of carbonyl (C=O) groups is 1. The maximum absolute atomic E-state index is 13.8. The zero-order valence-corrected chi connectivity index (χ0v) is 9.93. The van der Waals surface area contributed by atoms with E-state index in [4.69, 9.17) is 0 Å². The van der Waals surface area contributed by atoms with Crippen molar-refractivity contribution in [2.45, 2.75) is 37.3 Å². The topological polar surface area (TPSA) is 37.3 Å². The Labute approximate surface area is 107 Å². The van der Waals surface area contributed by atoms with E-state index in [-0.39, 0.29) is 18.4 Å². The van der Waals surface area contributed by atoms with Crippen molar-refractivity contribution in [3.8, 4) is 0 Å². The van der Waals surface area contributed by atoms with E-state index in [1.807, 2.05) is 0 Å². The maximum Gasteiger partial charge on any atom is 0.416 e. The summed E-state index contributed by atoms with van der Waals surface area (Å²) in [5.74, 6) is -2.15. The Balaban J connectivity index is 2.57. The second kappa shape index (κ2) is 4.51. The van der Waals surface area contributed by atoms with Gasteiger partial charge in [0.25, 0.3) is 0 Å². The summed E-state index contributed by atoms with van der Waals surface area (Å²) in [4.78, 5) is 11.4. The number of alkyl halides is 3. The van der Waals surface area contributed by atoms with E-state index in [1.54, 1.807) is 0 Å². The molecule has 0 atom stereocenters. The first kappa shape index (κ1) is 13.8. The number of aliphatic carboxylic acids is 1. The molecule has 1 fully saturated rings. The van der Waals surface area contributed by atoms with Gasteiger partial charge >= 0.3 is 12.1 Å². The molecule has 1 aliphatic carbocycles. The molecule has 0 spiro atoms. The van der Waals surface area contributed by atoms with Crippen LogP contribution in [0, 0.1) is 5.82 Å². The Morgan fingerprint density at radius 1 is 1.21 bits per heavy atom. The van der Waals surface area contributed by atoms with E-state index >= 15 is 0 Å². The van der Waals surface area contributed by atoms with E-state index in [0.717, 1.165) is 0 Å². The molecule has 0 saturated heterocycles. The van der Waals surface area contributed by atoms with Crippen molar-refractivity contribution in [1.82, 2.24) is 0 Å². The van der Waals surface area contributed by atoms with Crippen LogP contribution < -0.4 is 0 Å². The summed E-state index contributed by atoms with van der Waals surface area (Å²) in [5, 5.41) is 9.29. The summed E-state index contributed by atoms with van der Waals surface area (Å²) in [6.07, 6.45) is -3.13. The van der Waals surface area contributed by atoms with Gasteiger partial charge in [-0.25, -0.2) is 4.39 Å². The number of hydrogen-bond donors (Lipinski definition) is 1. The van der Waals surface area contributed by atoms with Gasteiger partial charge in [0.2, 0.25) is 0 Å². The van der Waals surface area contributed by atoms with Gasteiger partial charge in [-0.2, -0.15) is 13.2 Å². The molecule has 2 nitrogen and oxygen atoms in total. The predicted molar refractivity (Wildman–Crippen MR) is 59.2 cm³/mol. The lowest BCUT2D eigenvalue weighted by Crippen LogP contribution is -2.34. The average molecular weight is 276 g/mol. The standard InChI is InChI=1S/C13H12F4O2/c14-10-4-3-8(13(15,16)17)7-9(10)12(11(18)19)5-1-2-6-12/h3-4,7H,1-2,5-6H2,(H,18,19). The van der Waals surface area contributed by atoms with E-state index in [0.29, 0.717) is 31.0 Å². The monoisotopic (exact) mass is 276 g/mol. The molecule has 1 saturated carbocycles. The van der Waals surface area contributed by atoms with Crippen molar-refractivity contribution in [1.29, 1.82) is 0 Å². The number of benzene rings is 1. The number of hydrogen-bond acceptors (Lipinski definition) is 1. The summed E-state index contributed by atoms with van der Waals surface area (Å²) in [7, 11) is 0. The molecule has 1 aliphatic rings. The molecule has 0 bridgehead atoms. The molecule has 0 amide bonds. The van der Waals surface area contributed by atoms with E-state index in [1.165, 1.54) is 0 Å². The number of rotatable bonds is 2. The minimum atomic E-state index is -4.61. The average Bonchev–Trinajstić information content (AvgIpc) is 2.78. The Kier molecular flexibility index (Phi) is 3.28. The molecular weight excluding hydrogens is 264 g/mol. The van der Waals surface area contributed by atoms with Crippen molar-refractivity contribution >= 4 is 5.97 Å². The third-order valence-electron chi connectivity index (χ3n) is 3.68. The van der Waals surface area contributed by atoms with Crippen molar-refractivity contribution < 1.29 is 27.5 Å². The smallest absolute Gasteiger partial charge is 0.416 e. The fourth-order valence-electron chi connectivity index (χ4n) is 2.65. The Morgan fingerprint density at radius 2 is 1.79 bits per heavy atom. The van der Waals surface area contributed by atoms with E-state index in [9.17, 15) is 27.5 Å². The van der Waals surface area contributed by atoms with Gasteiger partial charge in [0.15, 0.2) is 0 Å². The molecule has 0 aliphatic heterocycles. The van der Waals surface area contributed by atoms with Gasteiger partial charge in [-0.15, -0.1) is 0 Å². The van der Waals surface area contributed by atoms with Gasteiger partial charge in [0.1, 0.15) is 5.82 Å². The third kappa shape index (κ3) is 2.31. The Bertz CT molecular complexity index is 502. The maximum atomic E-state index is 13.8. The van der Waals surface area contributed by atoms with Crippen LogP contribution in [0.15, 0.2) is 18.2 Å². The number of carboxylic acids is 1. The molecule has 19 heavy (non-hydrogen) atoms. The largest absolute Gasteiger partial charge is 0.481 e. The lowest BCUT2D eigenvalue weighted by atomic mass is 9.78. The van der Waals surface area contributed by atoms with Crippen molar-refractivity contribution in [2.75, 3.05) is 0 Å². The van der Waals surface area contributed by atoms with Crippen LogP contribution >= 0.6 is 0 Å². The van der Waals surface area contributed by atoms with E-state index in [2.05, 4.69) is 0 Å². The van der Waals surface area contributed by atoms with Crippen LogP contribution in [0.2, 0.25) is 0 Å². The van der Waals surface area contributed by atoms with Crippen LogP contribution in [0.1, 0.15) is 36.8 Å². The van der Waals surface area contributed by atoms with Gasteiger partial charge in [-0.05, 0) is 31.0 Å². The van der Waals surface area contributed by atoms with Crippen LogP contribution in [0.4, 0.5) is 17.6 Å². The fraction of sp³-hybridized carbons (Fsp3) is 0.462. The van der Waals surface area contributed by atoms with Crippen LogP contribution in [-0.2, 0) is 16.4 Å². The lowest BCUT2D eigenvalue weighted by Gasteiger charge is -2.25. The molecule has 1 aromatic rings. The second-order valence-electron chi connectivity index (χ2n) is 4.79. The zero-order chi connectivity index (χ0) is 14.3. The summed E-state index contributed by atoms with van der Waals surface area (Å²) < 4.78 is 51.7. The number of carboxylic acid groups (broad SMARTS) is 1. The molecule has 1 N–H and O–H groups in total. The third-order valence-corrected chi connectivity index (χ3v) is 3.68. The lowest BCUT2D eigenvalue weighted by molar-refractivity contribution is -0.144. The molecule has 0 heterocycles. The summed E-state index contributed by atoms with van der Waals surface area (Å²) >= 11 is 0. The van der Waals surface area contributed by atoms with Crippen LogP contribution in [0.25, 0.3) is 0 Å². The van der Waals surface area contributed by atoms with Crippen LogP contribution in [0.5, 0.6) is 0 Å². The molecular formula is C13H12F4O2. The van der Waals surface area contributed by atoms with Crippen molar-refractivity contribution in [2.24, 2.45) is 0 Å². The molecule has 2 rings (SSSR count). The van der Waals surface area contributed by atoms with Gasteiger partial charge in [-0.1, -0.05) is 12.8 Å². The first-order chi connectivity index (χ1) is 8.77. The first-order valence-corrected chi connectivity index (χ1v) is 5.88. The minimum Gasteiger partial charge on any atom is -0.481 e. The molecule has 104 valence electrons. The first-order valence-electron chi connectivity index (χ1n) is 5.88. The molecule has 1 aromatic carbocycles. The number of halogens is 4. The zero-order valence-electron chi connectivity index (χ0n) is 9.93. The quantitative estimate of drug-likeness (QED) is 0.835. The molecule has 0 radical (unpaired) electrons. The predicted octanol–water partition coefficient (Wildman–Crippen LogP) is 3.74. The van der Waals surface area contributed by atoms with Crippen molar-refractivity contribution in [3.05, 3.63) is 35.1 Å². The Hall–Kier alpha value is -1.59. The summed E-state index contributed by atoms with van der Waals surface area (Å²) in [6, 6.07) is 1.96. The van der Waals surface area contributed by atoms with Crippen LogP contribution in [0.3, 0.4) is 0 Å². The second-order valence-corrected chi connectivity index (χ2v) is 4.79. The highest BCUT2D eigenvalue weighted by molar-refractivity contribution is 5.82. The normalized spacial score (nSPS) is 18.5. The van der Waals surface area contributed by atoms with Gasteiger partial charge < -0.3 is 5.11 Å². The molecule has 6 heteroatoms. The van der Waals surface area contributed by atoms with Gasteiger partial charge in [0.05, 0.1) is 11.0 Å². The van der Waals surface area contributed by atoms with Crippen molar-refractivity contribution in [3.63, 3.8) is 0 Å². The van der Waals surface area contributed by atoms with E-state index < -0.39 is 28.9 Å². The highest BCUT2D eigenvalue weighted by Gasteiger charge is 2.45. The van der Waals surface area contributed by atoms with Gasteiger partial charge in [0, 0.05) is 5.56 Å². The minimum absolute atomic E-state index is 0.167. The highest BCUT2D eigenvalue weighted by atomic mass is 19.4. The van der Waals surface area contributed by atoms with Crippen LogP contribution in [-0.4, -0.2) is 11.1 Å². The summed E-state index contributed by atoms with van der Waals surface area (Å²) in [5.41, 5.74) is -2.89.